The van der Waals surface area contributed by atoms with E-state index in [0.717, 1.165) is 29.1 Å². The second-order valence-corrected chi connectivity index (χ2v) is 6.09. The van der Waals surface area contributed by atoms with E-state index in [1.54, 1.807) is 31.4 Å². The summed E-state index contributed by atoms with van der Waals surface area (Å²) >= 11 is 1.09. The van der Waals surface area contributed by atoms with Crippen molar-refractivity contribution < 1.29 is 23.1 Å². The molecule has 2 aromatic carbocycles. The number of hydrogen-bond acceptors (Lipinski definition) is 7. The van der Waals surface area contributed by atoms with Crippen molar-refractivity contribution in [3.8, 4) is 23.0 Å². The summed E-state index contributed by atoms with van der Waals surface area (Å²) in [6.45, 7) is 0. The van der Waals surface area contributed by atoms with Gasteiger partial charge in [0.25, 0.3) is 5.22 Å². The number of carbonyl (C=O) groups excluding carboxylic acids is 1. The lowest BCUT2D eigenvalue weighted by Crippen LogP contribution is -2.03. The molecule has 0 radical (unpaired) electrons. The SMILES string of the molecule is COc1ccc(-c2nnc(SCC(=O)c3ccc(OC)c(F)c3)o2)cc1. The Labute approximate surface area is 153 Å². The van der Waals surface area contributed by atoms with E-state index in [0.29, 0.717) is 5.89 Å². The Morgan fingerprint density at radius 1 is 1.12 bits per heavy atom. The molecule has 0 aliphatic rings. The van der Waals surface area contributed by atoms with Crippen LogP contribution >= 0.6 is 11.8 Å². The normalized spacial score (nSPS) is 10.6. The maximum Gasteiger partial charge on any atom is 0.277 e. The number of Topliss-reactive ketones (excluding diaryl/α,β-unsaturated/α-hetero) is 1. The fraction of sp³-hybridized carbons (Fsp3) is 0.167. The van der Waals surface area contributed by atoms with Crippen molar-refractivity contribution in [2.45, 2.75) is 5.22 Å². The molecular weight excluding hydrogens is 359 g/mol. The molecule has 0 saturated carbocycles. The third kappa shape index (κ3) is 4.02. The van der Waals surface area contributed by atoms with Gasteiger partial charge in [0.05, 0.1) is 20.0 Å². The van der Waals surface area contributed by atoms with Crippen LogP contribution in [0.4, 0.5) is 4.39 Å². The van der Waals surface area contributed by atoms with Gasteiger partial charge in [0.15, 0.2) is 17.3 Å². The first-order valence-corrected chi connectivity index (χ1v) is 8.56. The third-order valence-corrected chi connectivity index (χ3v) is 4.36. The van der Waals surface area contributed by atoms with Crippen LogP contribution < -0.4 is 9.47 Å². The molecule has 0 bridgehead atoms. The highest BCUT2D eigenvalue weighted by atomic mass is 32.2. The number of rotatable bonds is 7. The van der Waals surface area contributed by atoms with Crippen LogP contribution in [0.3, 0.4) is 0 Å². The predicted molar refractivity (Wildman–Crippen MR) is 94.3 cm³/mol. The Morgan fingerprint density at radius 3 is 2.54 bits per heavy atom. The van der Waals surface area contributed by atoms with Gasteiger partial charge in [-0.2, -0.15) is 0 Å². The first kappa shape index (κ1) is 17.9. The molecule has 1 aromatic heterocycles. The zero-order valence-electron chi connectivity index (χ0n) is 14.1. The Bertz CT molecular complexity index is 912. The van der Waals surface area contributed by atoms with Crippen molar-refractivity contribution >= 4 is 17.5 Å². The van der Waals surface area contributed by atoms with Crippen LogP contribution in [0, 0.1) is 5.82 Å². The number of nitrogens with zero attached hydrogens (tertiary/aromatic N) is 2. The minimum absolute atomic E-state index is 0.0516. The van der Waals surface area contributed by atoms with Crippen LogP contribution in [0.1, 0.15) is 10.4 Å². The van der Waals surface area contributed by atoms with Gasteiger partial charge in [-0.15, -0.1) is 10.2 Å². The van der Waals surface area contributed by atoms with E-state index >= 15 is 0 Å². The van der Waals surface area contributed by atoms with Gasteiger partial charge in [-0.1, -0.05) is 11.8 Å². The van der Waals surface area contributed by atoms with Gasteiger partial charge < -0.3 is 13.9 Å². The summed E-state index contributed by atoms with van der Waals surface area (Å²) in [7, 11) is 2.95. The number of thioether (sulfide) groups is 1. The summed E-state index contributed by atoms with van der Waals surface area (Å²) in [5.41, 5.74) is 0.999. The highest BCUT2D eigenvalue weighted by Crippen LogP contribution is 2.26. The van der Waals surface area contributed by atoms with Gasteiger partial charge in [0.2, 0.25) is 5.89 Å². The summed E-state index contributed by atoms with van der Waals surface area (Å²) < 4.78 is 29.2. The molecule has 26 heavy (non-hydrogen) atoms. The fourth-order valence-corrected chi connectivity index (χ4v) is 2.83. The molecule has 0 fully saturated rings. The quantitative estimate of drug-likeness (QED) is 0.459. The fourth-order valence-electron chi connectivity index (χ4n) is 2.17. The molecule has 134 valence electrons. The molecule has 1 heterocycles. The van der Waals surface area contributed by atoms with Gasteiger partial charge in [0, 0.05) is 11.1 Å². The first-order chi connectivity index (χ1) is 12.6. The first-order valence-electron chi connectivity index (χ1n) is 7.58. The van der Waals surface area contributed by atoms with Gasteiger partial charge in [-0.3, -0.25) is 4.79 Å². The standard InChI is InChI=1S/C18H15FN2O4S/c1-23-13-6-3-11(4-7-13)17-20-21-18(25-17)26-10-15(22)12-5-8-16(24-2)14(19)9-12/h3-9H,10H2,1-2H3. The minimum atomic E-state index is -0.581. The smallest absolute Gasteiger partial charge is 0.277 e. The van der Waals surface area contributed by atoms with Crippen molar-refractivity contribution in [3.63, 3.8) is 0 Å². The number of ketones is 1. The van der Waals surface area contributed by atoms with Crippen molar-refractivity contribution in [2.75, 3.05) is 20.0 Å². The van der Waals surface area contributed by atoms with E-state index in [2.05, 4.69) is 10.2 Å². The average Bonchev–Trinajstić information content (AvgIpc) is 3.15. The summed E-state index contributed by atoms with van der Waals surface area (Å²) in [4.78, 5) is 12.2. The van der Waals surface area contributed by atoms with Gasteiger partial charge >= 0.3 is 0 Å². The number of methoxy groups -OCH3 is 2. The number of ether oxygens (including phenoxy) is 2. The van der Waals surface area contributed by atoms with Crippen LogP contribution in [0.15, 0.2) is 52.1 Å². The Kier molecular flexibility index (Phi) is 5.52. The van der Waals surface area contributed by atoms with Crippen molar-refractivity contribution in [1.29, 1.82) is 0 Å². The van der Waals surface area contributed by atoms with Gasteiger partial charge in [0.1, 0.15) is 5.75 Å². The summed E-state index contributed by atoms with van der Waals surface area (Å²) in [6, 6.07) is 11.3. The summed E-state index contributed by atoms with van der Waals surface area (Å²) in [5.74, 6) is 0.382. The zero-order valence-corrected chi connectivity index (χ0v) is 14.9. The maximum atomic E-state index is 13.7. The van der Waals surface area contributed by atoms with Gasteiger partial charge in [-0.05, 0) is 42.5 Å². The largest absolute Gasteiger partial charge is 0.497 e. The van der Waals surface area contributed by atoms with Crippen LogP contribution in [-0.2, 0) is 0 Å². The Hall–Kier alpha value is -2.87. The molecule has 3 rings (SSSR count). The van der Waals surface area contributed by atoms with E-state index in [4.69, 9.17) is 13.9 Å². The van der Waals surface area contributed by atoms with Crippen molar-refractivity contribution in [3.05, 3.63) is 53.8 Å². The summed E-state index contributed by atoms with van der Waals surface area (Å²) in [5, 5.41) is 8.14. The molecule has 0 amide bonds. The number of carbonyl (C=O) groups is 1. The molecule has 0 spiro atoms. The second kappa shape index (κ2) is 8.01. The van der Waals surface area contributed by atoms with Crippen LogP contribution in [0.5, 0.6) is 11.5 Å². The monoisotopic (exact) mass is 374 g/mol. The molecule has 0 unspecified atom stereocenters. The predicted octanol–water partition coefficient (Wildman–Crippen LogP) is 3.87. The van der Waals surface area contributed by atoms with Crippen LogP contribution in [-0.4, -0.2) is 36.0 Å². The Morgan fingerprint density at radius 2 is 1.88 bits per heavy atom. The molecule has 0 aliphatic heterocycles. The van der Waals surface area contributed by atoms with E-state index in [1.807, 2.05) is 0 Å². The molecule has 0 atom stereocenters. The zero-order chi connectivity index (χ0) is 18.5. The number of benzene rings is 2. The Balaban J connectivity index is 1.64. The molecule has 0 saturated heterocycles. The van der Waals surface area contributed by atoms with Crippen LogP contribution in [0.25, 0.3) is 11.5 Å². The molecule has 6 nitrogen and oxygen atoms in total. The van der Waals surface area contributed by atoms with Crippen LogP contribution in [0.2, 0.25) is 0 Å². The van der Waals surface area contributed by atoms with E-state index in [1.165, 1.54) is 19.2 Å². The molecular formula is C18H15FN2O4S. The lowest BCUT2D eigenvalue weighted by molar-refractivity contribution is 0.102. The highest BCUT2D eigenvalue weighted by Gasteiger charge is 2.14. The van der Waals surface area contributed by atoms with Crippen molar-refractivity contribution in [2.24, 2.45) is 0 Å². The average molecular weight is 374 g/mol. The van der Waals surface area contributed by atoms with Crippen molar-refractivity contribution in [1.82, 2.24) is 10.2 Å². The number of halogens is 1. The number of aromatic nitrogens is 2. The highest BCUT2D eigenvalue weighted by molar-refractivity contribution is 7.99. The van der Waals surface area contributed by atoms with E-state index in [9.17, 15) is 9.18 Å². The maximum absolute atomic E-state index is 13.7. The topological polar surface area (TPSA) is 74.5 Å². The van der Waals surface area contributed by atoms with E-state index in [-0.39, 0.29) is 28.1 Å². The summed E-state index contributed by atoms with van der Waals surface area (Å²) in [6.07, 6.45) is 0. The van der Waals surface area contributed by atoms with E-state index < -0.39 is 5.82 Å². The molecule has 0 N–H and O–H groups in total. The lowest BCUT2D eigenvalue weighted by Gasteiger charge is -2.03. The third-order valence-electron chi connectivity index (χ3n) is 3.54. The van der Waals surface area contributed by atoms with Gasteiger partial charge in [-0.25, -0.2) is 4.39 Å². The lowest BCUT2D eigenvalue weighted by atomic mass is 10.1. The number of hydrogen-bond donors (Lipinski definition) is 0. The molecule has 8 heteroatoms. The second-order valence-electron chi connectivity index (χ2n) is 5.16. The minimum Gasteiger partial charge on any atom is -0.497 e. The molecule has 0 aliphatic carbocycles. The molecule has 3 aromatic rings.